The van der Waals surface area contributed by atoms with Crippen molar-refractivity contribution in [1.82, 2.24) is 0 Å². The van der Waals surface area contributed by atoms with Crippen molar-refractivity contribution in [2.75, 3.05) is 6.61 Å². The molecule has 0 rings (SSSR count). The summed E-state index contributed by atoms with van der Waals surface area (Å²) in [5.74, 6) is -0.166. The van der Waals surface area contributed by atoms with E-state index in [1.807, 2.05) is 0 Å². The van der Waals surface area contributed by atoms with Gasteiger partial charge in [-0.2, -0.15) is 0 Å². The highest BCUT2D eigenvalue weighted by Gasteiger charge is 1.93. The third kappa shape index (κ3) is 13.9. The topological polar surface area (TPSA) is 26.3 Å². The van der Waals surface area contributed by atoms with Gasteiger partial charge >= 0.3 is 5.97 Å². The summed E-state index contributed by atoms with van der Waals surface area (Å²) in [4.78, 5) is 10.5. The van der Waals surface area contributed by atoms with Crippen LogP contribution in [0.4, 0.5) is 0 Å². The summed E-state index contributed by atoms with van der Waals surface area (Å²) in [6.07, 6.45) is 10.8. The lowest BCUT2D eigenvalue weighted by Gasteiger charge is -2.01. The smallest absolute Gasteiger partial charge is 0.302 e. The molecule has 0 N–H and O–H groups in total. The van der Waals surface area contributed by atoms with Crippen molar-refractivity contribution in [2.24, 2.45) is 0 Å². The van der Waals surface area contributed by atoms with Crippen LogP contribution < -0.4 is 0 Å². The van der Waals surface area contributed by atoms with Crippen LogP contribution >= 0.6 is 22.6 Å². The van der Waals surface area contributed by atoms with Gasteiger partial charge in [0.2, 0.25) is 0 Å². The highest BCUT2D eigenvalue weighted by Crippen LogP contribution is 2.08. The first-order chi connectivity index (χ1) is 7.27. The maximum absolute atomic E-state index is 10.5. The van der Waals surface area contributed by atoms with Gasteiger partial charge in [-0.15, -0.1) is 0 Å². The molecule has 0 saturated heterocycles. The van der Waals surface area contributed by atoms with E-state index in [4.69, 9.17) is 4.74 Å². The second-order valence-electron chi connectivity index (χ2n) is 3.61. The lowest BCUT2D eigenvalue weighted by atomic mass is 10.1. The van der Waals surface area contributed by atoms with Crippen LogP contribution in [0.2, 0.25) is 0 Å². The predicted octanol–water partition coefficient (Wildman–Crippen LogP) is 4.23. The Morgan fingerprint density at radius 2 is 1.73 bits per heavy atom. The minimum atomic E-state index is -0.166. The minimum Gasteiger partial charge on any atom is -0.466 e. The first-order valence-corrected chi connectivity index (χ1v) is 6.90. The van der Waals surface area contributed by atoms with Crippen LogP contribution in [0.3, 0.4) is 0 Å². The maximum atomic E-state index is 10.5. The van der Waals surface area contributed by atoms with Gasteiger partial charge in [-0.3, -0.25) is 4.79 Å². The van der Waals surface area contributed by atoms with Gasteiger partial charge in [0.25, 0.3) is 0 Å². The van der Waals surface area contributed by atoms with Crippen LogP contribution in [-0.2, 0) is 9.53 Å². The van der Waals surface area contributed by atoms with Gasteiger partial charge < -0.3 is 4.74 Å². The Balaban J connectivity index is 2.95. The Hall–Kier alpha value is -0.0600. The van der Waals surface area contributed by atoms with E-state index < -0.39 is 0 Å². The highest BCUT2D eigenvalue weighted by atomic mass is 127. The van der Waals surface area contributed by atoms with E-state index in [0.29, 0.717) is 6.61 Å². The molecule has 0 aromatic heterocycles. The zero-order chi connectivity index (χ0) is 11.4. The van der Waals surface area contributed by atoms with Crippen molar-refractivity contribution in [2.45, 2.75) is 51.9 Å². The van der Waals surface area contributed by atoms with Crippen molar-refractivity contribution in [1.29, 1.82) is 0 Å². The molecule has 0 heterocycles. The third-order valence-corrected chi connectivity index (χ3v) is 2.67. The fraction of sp³-hybridized carbons (Fsp3) is 0.750. The molecule has 0 fully saturated rings. The van der Waals surface area contributed by atoms with E-state index >= 15 is 0 Å². The first kappa shape index (κ1) is 14.9. The van der Waals surface area contributed by atoms with Gasteiger partial charge in [0.05, 0.1) is 6.61 Å². The highest BCUT2D eigenvalue weighted by molar-refractivity contribution is 14.1. The zero-order valence-corrected chi connectivity index (χ0v) is 11.7. The molecule has 0 atom stereocenters. The second kappa shape index (κ2) is 12.0. The van der Waals surface area contributed by atoms with Gasteiger partial charge in [0.15, 0.2) is 0 Å². The number of esters is 1. The lowest BCUT2D eigenvalue weighted by molar-refractivity contribution is -0.141. The Bertz CT molecular complexity index is 178. The largest absolute Gasteiger partial charge is 0.466 e. The average Bonchev–Trinajstić information content (AvgIpc) is 2.20. The van der Waals surface area contributed by atoms with E-state index in [0.717, 1.165) is 6.42 Å². The number of halogens is 1. The van der Waals surface area contributed by atoms with Gasteiger partial charge in [0.1, 0.15) is 0 Å². The molecule has 0 saturated carbocycles. The van der Waals surface area contributed by atoms with Gasteiger partial charge in [-0.1, -0.05) is 54.4 Å². The van der Waals surface area contributed by atoms with E-state index in [1.165, 1.54) is 45.4 Å². The zero-order valence-electron chi connectivity index (χ0n) is 9.51. The van der Waals surface area contributed by atoms with Crippen LogP contribution in [-0.4, -0.2) is 12.6 Å². The van der Waals surface area contributed by atoms with E-state index in [-0.39, 0.29) is 5.97 Å². The van der Waals surface area contributed by atoms with Crippen molar-refractivity contribution in [3.05, 3.63) is 10.2 Å². The van der Waals surface area contributed by atoms with Gasteiger partial charge in [-0.05, 0) is 23.3 Å². The molecule has 0 spiro atoms. The Kier molecular flexibility index (Phi) is 12.0. The maximum Gasteiger partial charge on any atom is 0.302 e. The van der Waals surface area contributed by atoms with Crippen LogP contribution in [0.1, 0.15) is 51.9 Å². The molecule has 15 heavy (non-hydrogen) atoms. The molecule has 0 unspecified atom stereocenters. The molecule has 0 aliphatic rings. The quantitative estimate of drug-likeness (QED) is 0.360. The van der Waals surface area contributed by atoms with Crippen LogP contribution in [0.5, 0.6) is 0 Å². The summed E-state index contributed by atoms with van der Waals surface area (Å²) in [6, 6.07) is 0. The molecule has 0 aromatic rings. The number of carbonyl (C=O) groups is 1. The number of ether oxygens (including phenoxy) is 1. The molecule has 0 radical (unpaired) electrons. The molecule has 0 aliphatic carbocycles. The third-order valence-electron chi connectivity index (χ3n) is 2.16. The standard InChI is InChI=1S/C12H21IO2/c1-12(14)15-11-9-7-5-3-2-4-6-8-10-13/h8,10H,2-7,9,11H2,1H3/b10-8-. The Morgan fingerprint density at radius 1 is 1.13 bits per heavy atom. The molecule has 0 amide bonds. The van der Waals surface area contributed by atoms with E-state index in [9.17, 15) is 4.79 Å². The summed E-state index contributed by atoms with van der Waals surface area (Å²) >= 11 is 2.25. The minimum absolute atomic E-state index is 0.166. The molecule has 0 aromatic carbocycles. The number of allylic oxidation sites excluding steroid dienone is 1. The summed E-state index contributed by atoms with van der Waals surface area (Å²) < 4.78 is 6.93. The molecule has 0 bridgehead atoms. The van der Waals surface area contributed by atoms with Crippen LogP contribution in [0.15, 0.2) is 10.2 Å². The number of hydrogen-bond donors (Lipinski definition) is 0. The normalized spacial score (nSPS) is 10.8. The van der Waals surface area contributed by atoms with E-state index in [1.54, 1.807) is 0 Å². The van der Waals surface area contributed by atoms with Gasteiger partial charge in [0, 0.05) is 6.92 Å². The van der Waals surface area contributed by atoms with Gasteiger partial charge in [-0.25, -0.2) is 0 Å². The Labute approximate surface area is 107 Å². The molecular weight excluding hydrogens is 303 g/mol. The Morgan fingerprint density at radius 3 is 2.33 bits per heavy atom. The molecule has 2 nitrogen and oxygen atoms in total. The average molecular weight is 324 g/mol. The number of rotatable bonds is 9. The van der Waals surface area contributed by atoms with Crippen LogP contribution in [0, 0.1) is 0 Å². The molecule has 88 valence electrons. The van der Waals surface area contributed by atoms with Crippen LogP contribution in [0.25, 0.3) is 0 Å². The molecule has 3 heteroatoms. The van der Waals surface area contributed by atoms with E-state index in [2.05, 4.69) is 32.7 Å². The first-order valence-electron chi connectivity index (χ1n) is 5.66. The second-order valence-corrected chi connectivity index (χ2v) is 4.33. The van der Waals surface area contributed by atoms with Crippen molar-refractivity contribution >= 4 is 28.6 Å². The fourth-order valence-electron chi connectivity index (χ4n) is 1.35. The summed E-state index contributed by atoms with van der Waals surface area (Å²) in [5.41, 5.74) is 0. The SMILES string of the molecule is CC(=O)OCCCCCCCC/C=C\I. The lowest BCUT2D eigenvalue weighted by Crippen LogP contribution is -1.99. The van der Waals surface area contributed by atoms with Crippen molar-refractivity contribution < 1.29 is 9.53 Å². The predicted molar refractivity (Wildman–Crippen MR) is 72.1 cm³/mol. The molecular formula is C12H21IO2. The molecule has 0 aliphatic heterocycles. The number of unbranched alkanes of at least 4 members (excludes halogenated alkanes) is 6. The van der Waals surface area contributed by atoms with Crippen molar-refractivity contribution in [3.8, 4) is 0 Å². The summed E-state index contributed by atoms with van der Waals surface area (Å²) in [7, 11) is 0. The summed E-state index contributed by atoms with van der Waals surface area (Å²) in [6.45, 7) is 2.05. The monoisotopic (exact) mass is 324 g/mol. The number of hydrogen-bond acceptors (Lipinski definition) is 2. The summed E-state index contributed by atoms with van der Waals surface area (Å²) in [5, 5.41) is 0. The number of carbonyl (C=O) groups excluding carboxylic acids is 1. The fourth-order valence-corrected chi connectivity index (χ4v) is 1.71. The van der Waals surface area contributed by atoms with Crippen molar-refractivity contribution in [3.63, 3.8) is 0 Å².